The van der Waals surface area contributed by atoms with E-state index in [1.165, 1.54) is 35.2 Å². The van der Waals surface area contributed by atoms with E-state index in [0.717, 1.165) is 39.6 Å². The Morgan fingerprint density at radius 3 is 2.86 bits per heavy atom. The summed E-state index contributed by atoms with van der Waals surface area (Å²) in [6.45, 7) is 3.87. The van der Waals surface area contributed by atoms with Gasteiger partial charge < -0.3 is 5.32 Å². The Hall–Kier alpha value is -2.26. The van der Waals surface area contributed by atoms with Gasteiger partial charge in [0.25, 0.3) is 0 Å². The van der Waals surface area contributed by atoms with Gasteiger partial charge in [-0.3, -0.25) is 9.69 Å². The Kier molecular flexibility index (Phi) is 4.29. The first kappa shape index (κ1) is 18.7. The highest BCUT2D eigenvalue weighted by Gasteiger charge is 2.50. The minimum absolute atomic E-state index is 0.0824. The third-order valence-corrected chi connectivity index (χ3v) is 7.25. The first-order valence-electron chi connectivity index (χ1n) is 9.44. The van der Waals surface area contributed by atoms with E-state index >= 15 is 0 Å². The average molecular weight is 430 g/mol. The summed E-state index contributed by atoms with van der Waals surface area (Å²) in [7, 11) is 0. The van der Waals surface area contributed by atoms with Gasteiger partial charge in [-0.05, 0) is 51.1 Å². The van der Waals surface area contributed by atoms with Crippen molar-refractivity contribution in [1.29, 1.82) is 0 Å². The SMILES string of the molecule is CSc1ncc2c(n1)N(C1CC(Nc3nc4ccc(F)cc4s3)C1)C(=O)C2(C)C. The summed E-state index contributed by atoms with van der Waals surface area (Å²) in [5, 5.41) is 4.90. The number of nitrogens with one attached hydrogen (secondary N) is 1. The second-order valence-corrected chi connectivity index (χ2v) is 9.80. The van der Waals surface area contributed by atoms with E-state index in [0.29, 0.717) is 5.16 Å². The van der Waals surface area contributed by atoms with Crippen molar-refractivity contribution in [1.82, 2.24) is 15.0 Å². The van der Waals surface area contributed by atoms with Gasteiger partial charge in [0, 0.05) is 23.8 Å². The lowest BCUT2D eigenvalue weighted by atomic mass is 9.84. The molecule has 0 bridgehead atoms. The molecular formula is C20H20FN5OS2. The number of fused-ring (bicyclic) bond motifs is 2. The predicted molar refractivity (Wildman–Crippen MR) is 114 cm³/mol. The van der Waals surface area contributed by atoms with Crippen molar-refractivity contribution in [3.63, 3.8) is 0 Å². The summed E-state index contributed by atoms with van der Waals surface area (Å²) in [5.74, 6) is 0.578. The Morgan fingerprint density at radius 1 is 1.31 bits per heavy atom. The molecule has 3 heterocycles. The van der Waals surface area contributed by atoms with Crippen LogP contribution in [0.1, 0.15) is 32.3 Å². The largest absolute Gasteiger partial charge is 0.359 e. The van der Waals surface area contributed by atoms with Crippen LogP contribution in [-0.4, -0.2) is 39.2 Å². The van der Waals surface area contributed by atoms with Gasteiger partial charge >= 0.3 is 0 Å². The molecule has 1 saturated carbocycles. The van der Waals surface area contributed by atoms with Crippen LogP contribution in [0.4, 0.5) is 15.3 Å². The lowest BCUT2D eigenvalue weighted by molar-refractivity contribution is -0.122. The maximum absolute atomic E-state index is 13.4. The number of aromatic nitrogens is 3. The van der Waals surface area contributed by atoms with Crippen molar-refractivity contribution in [2.45, 2.75) is 49.3 Å². The summed E-state index contributed by atoms with van der Waals surface area (Å²) in [4.78, 5) is 28.5. The van der Waals surface area contributed by atoms with Crippen molar-refractivity contribution >= 4 is 50.2 Å². The van der Waals surface area contributed by atoms with Crippen molar-refractivity contribution in [3.8, 4) is 0 Å². The summed E-state index contributed by atoms with van der Waals surface area (Å²) >= 11 is 2.92. The predicted octanol–water partition coefficient (Wildman–Crippen LogP) is 4.21. The zero-order chi connectivity index (χ0) is 20.3. The van der Waals surface area contributed by atoms with Gasteiger partial charge in [0.2, 0.25) is 5.91 Å². The normalized spacial score (nSPS) is 22.6. The van der Waals surface area contributed by atoms with Crippen molar-refractivity contribution < 1.29 is 9.18 Å². The van der Waals surface area contributed by atoms with E-state index in [1.807, 2.05) is 25.0 Å². The van der Waals surface area contributed by atoms with Gasteiger partial charge in [-0.15, -0.1) is 0 Å². The van der Waals surface area contributed by atoms with Gasteiger partial charge in [0.1, 0.15) is 11.6 Å². The standard InChI is InChI=1S/C20H20FN5OS2/c1-20(2)13-9-22-18(28-3)25-16(13)26(17(20)27)12-7-11(8-12)23-19-24-14-5-4-10(21)6-15(14)29-19/h4-6,9,11-12H,7-8H2,1-3H3,(H,23,24). The number of thioether (sulfide) groups is 1. The number of benzene rings is 1. The van der Waals surface area contributed by atoms with Crippen LogP contribution in [0.15, 0.2) is 29.6 Å². The first-order chi connectivity index (χ1) is 13.9. The van der Waals surface area contributed by atoms with E-state index < -0.39 is 5.41 Å². The molecule has 1 N–H and O–H groups in total. The molecule has 0 spiro atoms. The molecule has 150 valence electrons. The van der Waals surface area contributed by atoms with Crippen LogP contribution >= 0.6 is 23.1 Å². The topological polar surface area (TPSA) is 71.0 Å². The number of amides is 1. The number of carbonyl (C=O) groups excluding carboxylic acids is 1. The molecule has 0 saturated heterocycles. The second-order valence-electron chi connectivity index (χ2n) is 7.99. The third kappa shape index (κ3) is 2.98. The molecule has 1 amide bonds. The van der Waals surface area contributed by atoms with Gasteiger partial charge in [-0.2, -0.15) is 0 Å². The highest BCUT2D eigenvalue weighted by Crippen LogP contribution is 2.45. The lowest BCUT2D eigenvalue weighted by Gasteiger charge is -2.41. The number of halogens is 1. The molecule has 0 atom stereocenters. The zero-order valence-corrected chi connectivity index (χ0v) is 17.9. The van der Waals surface area contributed by atoms with Gasteiger partial charge in [0.05, 0.1) is 15.6 Å². The number of carbonyl (C=O) groups is 1. The third-order valence-electron chi connectivity index (χ3n) is 5.74. The quantitative estimate of drug-likeness (QED) is 0.495. The fourth-order valence-electron chi connectivity index (χ4n) is 3.98. The highest BCUT2D eigenvalue weighted by molar-refractivity contribution is 7.98. The smallest absolute Gasteiger partial charge is 0.238 e. The van der Waals surface area contributed by atoms with Gasteiger partial charge in [0.15, 0.2) is 10.3 Å². The Morgan fingerprint density at radius 2 is 2.10 bits per heavy atom. The second kappa shape index (κ2) is 6.63. The van der Waals surface area contributed by atoms with E-state index in [-0.39, 0.29) is 23.8 Å². The number of anilines is 2. The summed E-state index contributed by atoms with van der Waals surface area (Å²) in [5.41, 5.74) is 1.08. The number of thiazole rings is 1. The fourth-order valence-corrected chi connectivity index (χ4v) is 5.29. The molecule has 2 aliphatic rings. The maximum Gasteiger partial charge on any atom is 0.238 e. The molecule has 2 aromatic heterocycles. The molecule has 3 aromatic rings. The molecule has 1 fully saturated rings. The van der Waals surface area contributed by atoms with Crippen LogP contribution in [0.3, 0.4) is 0 Å². The van der Waals surface area contributed by atoms with Gasteiger partial charge in [-0.25, -0.2) is 19.3 Å². The van der Waals surface area contributed by atoms with E-state index in [1.54, 1.807) is 12.3 Å². The van der Waals surface area contributed by atoms with Crippen LogP contribution in [0.25, 0.3) is 10.2 Å². The average Bonchev–Trinajstić information content (AvgIpc) is 3.14. The van der Waals surface area contributed by atoms with Crippen molar-refractivity contribution in [2.75, 3.05) is 16.5 Å². The van der Waals surface area contributed by atoms with Crippen LogP contribution in [0.2, 0.25) is 0 Å². The van der Waals surface area contributed by atoms with Crippen molar-refractivity contribution in [3.05, 3.63) is 35.8 Å². The minimum Gasteiger partial charge on any atom is -0.359 e. The van der Waals surface area contributed by atoms with E-state index in [9.17, 15) is 9.18 Å². The molecule has 9 heteroatoms. The molecule has 0 radical (unpaired) electrons. The lowest BCUT2D eigenvalue weighted by Crippen LogP contribution is -2.53. The molecule has 29 heavy (non-hydrogen) atoms. The molecule has 5 rings (SSSR count). The molecular weight excluding hydrogens is 409 g/mol. The molecule has 1 aromatic carbocycles. The number of nitrogens with zero attached hydrogens (tertiary/aromatic N) is 4. The Labute approximate surface area is 176 Å². The van der Waals surface area contributed by atoms with E-state index in [4.69, 9.17) is 0 Å². The maximum atomic E-state index is 13.4. The molecule has 1 aliphatic carbocycles. The summed E-state index contributed by atoms with van der Waals surface area (Å²) in [6.07, 6.45) is 5.37. The van der Waals surface area contributed by atoms with Gasteiger partial charge in [-0.1, -0.05) is 23.1 Å². The first-order valence-corrected chi connectivity index (χ1v) is 11.5. The van der Waals surface area contributed by atoms with Crippen LogP contribution in [-0.2, 0) is 10.2 Å². The van der Waals surface area contributed by atoms with Crippen LogP contribution in [0.5, 0.6) is 0 Å². The summed E-state index contributed by atoms with van der Waals surface area (Å²) < 4.78 is 14.2. The molecule has 6 nitrogen and oxygen atoms in total. The zero-order valence-electron chi connectivity index (χ0n) is 16.3. The fraction of sp³-hybridized carbons (Fsp3) is 0.400. The van der Waals surface area contributed by atoms with Crippen LogP contribution in [0, 0.1) is 5.82 Å². The monoisotopic (exact) mass is 429 g/mol. The number of hydrogen-bond donors (Lipinski definition) is 1. The minimum atomic E-state index is -0.609. The number of hydrogen-bond acceptors (Lipinski definition) is 7. The Bertz CT molecular complexity index is 1130. The summed E-state index contributed by atoms with van der Waals surface area (Å²) in [6, 6.07) is 4.96. The highest BCUT2D eigenvalue weighted by atomic mass is 32.2. The van der Waals surface area contributed by atoms with Crippen molar-refractivity contribution in [2.24, 2.45) is 0 Å². The molecule has 0 unspecified atom stereocenters. The van der Waals surface area contributed by atoms with E-state index in [2.05, 4.69) is 20.3 Å². The van der Waals surface area contributed by atoms with Crippen LogP contribution < -0.4 is 10.2 Å². The molecule has 1 aliphatic heterocycles. The number of rotatable bonds is 4. The Balaban J connectivity index is 1.33.